The normalized spacial score (nSPS) is 11.1. The Labute approximate surface area is 93.9 Å². The highest BCUT2D eigenvalue weighted by Gasteiger charge is 2.31. The maximum atomic E-state index is 13.2. The summed E-state index contributed by atoms with van der Waals surface area (Å²) < 4.78 is 56.7. The van der Waals surface area contributed by atoms with Gasteiger partial charge >= 0.3 is 12.3 Å². The molecule has 94 valence electrons. The Bertz CT molecular complexity index is 415. The molecule has 0 heterocycles. The molecule has 1 aromatic rings. The highest BCUT2D eigenvalue weighted by molar-refractivity contribution is 5.72. The van der Waals surface area contributed by atoms with E-state index < -0.39 is 30.3 Å². The van der Waals surface area contributed by atoms with Crippen molar-refractivity contribution in [2.75, 3.05) is 7.11 Å². The molecule has 0 spiro atoms. The van der Waals surface area contributed by atoms with E-state index in [4.69, 9.17) is 0 Å². The van der Waals surface area contributed by atoms with E-state index in [1.807, 2.05) is 0 Å². The van der Waals surface area contributed by atoms with Gasteiger partial charge in [0.05, 0.1) is 13.5 Å². The second kappa shape index (κ2) is 5.03. The van der Waals surface area contributed by atoms with Gasteiger partial charge in [0, 0.05) is 5.56 Å². The van der Waals surface area contributed by atoms with Crippen molar-refractivity contribution in [3.8, 4) is 5.75 Å². The molecule has 0 aliphatic carbocycles. The van der Waals surface area contributed by atoms with Gasteiger partial charge in [-0.3, -0.25) is 4.79 Å². The van der Waals surface area contributed by atoms with Crippen molar-refractivity contribution < 1.29 is 31.8 Å². The van der Waals surface area contributed by atoms with Crippen LogP contribution in [0.1, 0.15) is 5.56 Å². The summed E-state index contributed by atoms with van der Waals surface area (Å²) in [5, 5.41) is 0. The molecule has 0 unspecified atom stereocenters. The van der Waals surface area contributed by atoms with E-state index in [2.05, 4.69) is 9.47 Å². The number of hydrogen-bond donors (Lipinski definition) is 0. The Kier molecular flexibility index (Phi) is 3.93. The Balaban J connectivity index is 2.90. The van der Waals surface area contributed by atoms with Crippen LogP contribution in [0.4, 0.5) is 17.6 Å². The molecule has 3 nitrogen and oxygen atoms in total. The lowest BCUT2D eigenvalue weighted by molar-refractivity contribution is -0.274. The van der Waals surface area contributed by atoms with Crippen LogP contribution in [0, 0.1) is 5.82 Å². The van der Waals surface area contributed by atoms with E-state index in [0.29, 0.717) is 0 Å². The zero-order chi connectivity index (χ0) is 13.1. The summed E-state index contributed by atoms with van der Waals surface area (Å²) in [6, 6.07) is 2.42. The molecule has 0 aliphatic heterocycles. The number of halogens is 4. The van der Waals surface area contributed by atoms with Crippen molar-refractivity contribution >= 4 is 5.97 Å². The van der Waals surface area contributed by atoms with Crippen molar-refractivity contribution in [1.29, 1.82) is 0 Å². The van der Waals surface area contributed by atoms with E-state index in [9.17, 15) is 22.4 Å². The molecule has 17 heavy (non-hydrogen) atoms. The standard InChI is InChI=1S/C10H8F4O3/c1-16-9(15)5-6-4-7(2-3-8(6)11)17-10(12,13)14/h2-4H,5H2,1H3. The number of ether oxygens (including phenoxy) is 2. The van der Waals surface area contributed by atoms with E-state index in [1.165, 1.54) is 0 Å². The predicted molar refractivity (Wildman–Crippen MR) is 48.8 cm³/mol. The minimum Gasteiger partial charge on any atom is -0.469 e. The molecule has 0 saturated heterocycles. The molecular weight excluding hydrogens is 244 g/mol. The third kappa shape index (κ3) is 4.29. The van der Waals surface area contributed by atoms with Crippen molar-refractivity contribution in [2.45, 2.75) is 12.8 Å². The predicted octanol–water partition coefficient (Wildman–Crippen LogP) is 2.44. The van der Waals surface area contributed by atoms with Crippen LogP contribution in [0.5, 0.6) is 5.75 Å². The van der Waals surface area contributed by atoms with Crippen LogP contribution >= 0.6 is 0 Å². The first-order valence-corrected chi connectivity index (χ1v) is 4.43. The molecule has 0 fully saturated rings. The maximum absolute atomic E-state index is 13.2. The van der Waals surface area contributed by atoms with Gasteiger partial charge in [-0.2, -0.15) is 0 Å². The van der Waals surface area contributed by atoms with Crippen LogP contribution < -0.4 is 4.74 Å². The van der Waals surface area contributed by atoms with Crippen molar-refractivity contribution in [2.24, 2.45) is 0 Å². The van der Waals surface area contributed by atoms with Gasteiger partial charge in [0.15, 0.2) is 0 Å². The van der Waals surface area contributed by atoms with Gasteiger partial charge in [-0.05, 0) is 18.2 Å². The molecule has 0 N–H and O–H groups in total. The lowest BCUT2D eigenvalue weighted by atomic mass is 10.1. The molecule has 0 bridgehead atoms. The Hall–Kier alpha value is -1.79. The highest BCUT2D eigenvalue weighted by Crippen LogP contribution is 2.24. The van der Waals surface area contributed by atoms with Gasteiger partial charge in [-0.15, -0.1) is 13.2 Å². The summed E-state index contributed by atoms with van der Waals surface area (Å²) in [6.07, 6.45) is -5.32. The number of hydrogen-bond acceptors (Lipinski definition) is 3. The van der Waals surface area contributed by atoms with Crippen LogP contribution in [-0.4, -0.2) is 19.4 Å². The minimum absolute atomic E-state index is 0.224. The quantitative estimate of drug-likeness (QED) is 0.612. The number of benzene rings is 1. The van der Waals surface area contributed by atoms with Crippen molar-refractivity contribution in [3.63, 3.8) is 0 Å². The van der Waals surface area contributed by atoms with Crippen LogP contribution in [0.15, 0.2) is 18.2 Å². The smallest absolute Gasteiger partial charge is 0.469 e. The number of carbonyl (C=O) groups is 1. The van der Waals surface area contributed by atoms with Crippen LogP contribution in [0.2, 0.25) is 0 Å². The van der Waals surface area contributed by atoms with Gasteiger partial charge in [0.1, 0.15) is 11.6 Å². The lowest BCUT2D eigenvalue weighted by Crippen LogP contribution is -2.17. The van der Waals surface area contributed by atoms with Crippen LogP contribution in [0.25, 0.3) is 0 Å². The number of esters is 1. The van der Waals surface area contributed by atoms with Gasteiger partial charge in [0.2, 0.25) is 0 Å². The minimum atomic E-state index is -4.86. The Morgan fingerprint density at radius 2 is 2.00 bits per heavy atom. The first-order valence-electron chi connectivity index (χ1n) is 4.43. The summed E-state index contributed by atoms with van der Waals surface area (Å²) in [6.45, 7) is 0. The maximum Gasteiger partial charge on any atom is 0.573 e. The SMILES string of the molecule is COC(=O)Cc1cc(OC(F)(F)F)ccc1F. The molecule has 0 aromatic heterocycles. The first-order chi connectivity index (χ1) is 7.81. The third-order valence-corrected chi connectivity index (χ3v) is 1.81. The van der Waals surface area contributed by atoms with E-state index in [0.717, 1.165) is 25.3 Å². The summed E-state index contributed by atoms with van der Waals surface area (Å²) in [7, 11) is 1.09. The van der Waals surface area contributed by atoms with Gasteiger partial charge in [0.25, 0.3) is 0 Å². The molecule has 7 heteroatoms. The summed E-state index contributed by atoms with van der Waals surface area (Å²) in [4.78, 5) is 10.9. The lowest BCUT2D eigenvalue weighted by Gasteiger charge is -2.10. The molecule has 0 radical (unpaired) electrons. The van der Waals surface area contributed by atoms with Crippen LogP contribution in [0.3, 0.4) is 0 Å². The molecule has 0 atom stereocenters. The Morgan fingerprint density at radius 3 is 2.53 bits per heavy atom. The zero-order valence-corrected chi connectivity index (χ0v) is 8.68. The van der Waals surface area contributed by atoms with Gasteiger partial charge in [-0.1, -0.05) is 0 Å². The second-order valence-electron chi connectivity index (χ2n) is 3.05. The topological polar surface area (TPSA) is 35.5 Å². The molecule has 1 rings (SSSR count). The number of alkyl halides is 3. The fraction of sp³-hybridized carbons (Fsp3) is 0.300. The number of carbonyl (C=O) groups excluding carboxylic acids is 1. The average molecular weight is 252 g/mol. The fourth-order valence-corrected chi connectivity index (χ4v) is 1.11. The molecule has 0 aliphatic rings. The van der Waals surface area contributed by atoms with Gasteiger partial charge in [-0.25, -0.2) is 4.39 Å². The monoisotopic (exact) mass is 252 g/mol. The average Bonchev–Trinajstić information content (AvgIpc) is 2.20. The summed E-state index contributed by atoms with van der Waals surface area (Å²) >= 11 is 0. The zero-order valence-electron chi connectivity index (χ0n) is 8.68. The van der Waals surface area contributed by atoms with E-state index in [-0.39, 0.29) is 5.56 Å². The second-order valence-corrected chi connectivity index (χ2v) is 3.05. The molecule has 0 amide bonds. The fourth-order valence-electron chi connectivity index (χ4n) is 1.11. The third-order valence-electron chi connectivity index (χ3n) is 1.81. The van der Waals surface area contributed by atoms with Crippen molar-refractivity contribution in [3.05, 3.63) is 29.6 Å². The summed E-state index contributed by atoms with van der Waals surface area (Å²) in [5.74, 6) is -2.14. The van der Waals surface area contributed by atoms with Crippen molar-refractivity contribution in [1.82, 2.24) is 0 Å². The summed E-state index contributed by atoms with van der Waals surface area (Å²) in [5.41, 5.74) is -0.224. The highest BCUT2D eigenvalue weighted by atomic mass is 19.4. The largest absolute Gasteiger partial charge is 0.573 e. The van der Waals surface area contributed by atoms with E-state index in [1.54, 1.807) is 0 Å². The van der Waals surface area contributed by atoms with Crippen LogP contribution in [-0.2, 0) is 16.0 Å². The Morgan fingerprint density at radius 1 is 1.35 bits per heavy atom. The van der Waals surface area contributed by atoms with Gasteiger partial charge < -0.3 is 9.47 Å². The molecule has 1 aromatic carbocycles. The number of methoxy groups -OCH3 is 1. The molecule has 0 saturated carbocycles. The number of rotatable bonds is 3. The first kappa shape index (κ1) is 13.3. The van der Waals surface area contributed by atoms with E-state index >= 15 is 0 Å². The molecular formula is C10H8F4O3.